The summed E-state index contributed by atoms with van der Waals surface area (Å²) in [6.45, 7) is 13.6. The van der Waals surface area contributed by atoms with E-state index in [1.165, 1.54) is 25.7 Å². The average Bonchev–Trinajstić information content (AvgIpc) is 2.13. The summed E-state index contributed by atoms with van der Waals surface area (Å²) >= 11 is 0. The van der Waals surface area contributed by atoms with Crippen molar-refractivity contribution >= 4 is 0 Å². The van der Waals surface area contributed by atoms with Crippen molar-refractivity contribution in [2.75, 3.05) is 19.6 Å². The van der Waals surface area contributed by atoms with Gasteiger partial charge in [-0.3, -0.25) is 4.90 Å². The first-order valence-electron chi connectivity index (χ1n) is 6.50. The zero-order valence-corrected chi connectivity index (χ0v) is 11.3. The van der Waals surface area contributed by atoms with Crippen LogP contribution in [-0.2, 0) is 0 Å². The molecule has 0 atom stereocenters. The van der Waals surface area contributed by atoms with Crippen LogP contribution in [0.4, 0.5) is 0 Å². The van der Waals surface area contributed by atoms with Gasteiger partial charge in [-0.2, -0.15) is 0 Å². The number of nitrogens with two attached hydrogens (primary N) is 1. The second kappa shape index (κ2) is 5.33. The summed E-state index contributed by atoms with van der Waals surface area (Å²) in [6.07, 6.45) is 7.27. The van der Waals surface area contributed by atoms with E-state index < -0.39 is 0 Å². The summed E-state index contributed by atoms with van der Waals surface area (Å²) in [6, 6.07) is 0. The quantitative estimate of drug-likeness (QED) is 0.703. The van der Waals surface area contributed by atoms with Crippen LogP contribution in [-0.4, -0.2) is 30.1 Å². The van der Waals surface area contributed by atoms with Gasteiger partial charge in [0.1, 0.15) is 0 Å². The molecule has 1 aliphatic rings. The summed E-state index contributed by atoms with van der Waals surface area (Å²) in [4.78, 5) is 2.50. The van der Waals surface area contributed by atoms with E-state index in [0.717, 1.165) is 19.6 Å². The molecule has 0 bridgehead atoms. The molecule has 16 heavy (non-hydrogen) atoms. The van der Waals surface area contributed by atoms with E-state index in [9.17, 15) is 0 Å². The lowest BCUT2D eigenvalue weighted by molar-refractivity contribution is 0.0780. The van der Waals surface area contributed by atoms with Gasteiger partial charge in [0.05, 0.1) is 0 Å². The molecule has 0 saturated heterocycles. The molecule has 1 fully saturated rings. The normalized spacial score (nSPS) is 19.6. The van der Waals surface area contributed by atoms with Gasteiger partial charge in [-0.05, 0) is 58.5 Å². The van der Waals surface area contributed by atoms with E-state index in [0.29, 0.717) is 5.41 Å². The van der Waals surface area contributed by atoms with Crippen molar-refractivity contribution in [1.29, 1.82) is 0 Å². The lowest BCUT2D eigenvalue weighted by Gasteiger charge is -2.44. The van der Waals surface area contributed by atoms with Gasteiger partial charge in [-0.15, -0.1) is 6.58 Å². The number of hydrogen-bond donors (Lipinski definition) is 1. The van der Waals surface area contributed by atoms with Gasteiger partial charge in [-0.1, -0.05) is 12.5 Å². The Morgan fingerprint density at radius 3 is 2.31 bits per heavy atom. The first-order chi connectivity index (χ1) is 7.43. The van der Waals surface area contributed by atoms with E-state index in [4.69, 9.17) is 5.73 Å². The lowest BCUT2D eigenvalue weighted by Crippen LogP contribution is -2.46. The van der Waals surface area contributed by atoms with Gasteiger partial charge in [-0.25, -0.2) is 0 Å². The number of hydrogen-bond acceptors (Lipinski definition) is 2. The van der Waals surface area contributed by atoms with Crippen LogP contribution in [0.5, 0.6) is 0 Å². The molecule has 94 valence electrons. The van der Waals surface area contributed by atoms with Crippen LogP contribution in [0.3, 0.4) is 0 Å². The van der Waals surface area contributed by atoms with Crippen molar-refractivity contribution in [3.63, 3.8) is 0 Å². The maximum atomic E-state index is 5.90. The first kappa shape index (κ1) is 13.7. The van der Waals surface area contributed by atoms with Crippen LogP contribution in [0, 0.1) is 5.41 Å². The Kier molecular flexibility index (Phi) is 4.57. The highest BCUT2D eigenvalue weighted by atomic mass is 15.2. The third-order valence-corrected chi connectivity index (χ3v) is 4.06. The molecule has 0 aromatic carbocycles. The van der Waals surface area contributed by atoms with E-state index in [1.807, 2.05) is 6.08 Å². The molecule has 1 aliphatic carbocycles. The zero-order valence-electron chi connectivity index (χ0n) is 11.3. The van der Waals surface area contributed by atoms with Crippen molar-refractivity contribution in [3.8, 4) is 0 Å². The van der Waals surface area contributed by atoms with E-state index >= 15 is 0 Å². The molecule has 0 unspecified atom stereocenters. The Balaban J connectivity index is 2.46. The van der Waals surface area contributed by atoms with Gasteiger partial charge < -0.3 is 5.73 Å². The smallest absolute Gasteiger partial charge is 0.0165 e. The first-order valence-corrected chi connectivity index (χ1v) is 6.50. The summed E-state index contributed by atoms with van der Waals surface area (Å²) in [5.41, 5.74) is 6.59. The topological polar surface area (TPSA) is 29.3 Å². The van der Waals surface area contributed by atoms with Gasteiger partial charge in [0, 0.05) is 12.1 Å². The third-order valence-electron chi connectivity index (χ3n) is 4.06. The molecule has 2 N–H and O–H groups in total. The predicted molar refractivity (Wildman–Crippen MR) is 71.5 cm³/mol. The van der Waals surface area contributed by atoms with E-state index in [1.54, 1.807) is 0 Å². The Hall–Kier alpha value is -0.340. The fourth-order valence-corrected chi connectivity index (χ4v) is 2.46. The maximum absolute atomic E-state index is 5.90. The molecule has 0 aliphatic heterocycles. The molecular formula is C14H28N2. The minimum Gasteiger partial charge on any atom is -0.330 e. The molecule has 0 aromatic heterocycles. The van der Waals surface area contributed by atoms with Crippen LogP contribution in [0.15, 0.2) is 12.7 Å². The van der Waals surface area contributed by atoms with Gasteiger partial charge in [0.15, 0.2) is 0 Å². The molecular weight excluding hydrogens is 196 g/mol. The molecule has 1 rings (SSSR count). The minimum absolute atomic E-state index is 0.230. The monoisotopic (exact) mass is 224 g/mol. The number of rotatable bonds is 6. The highest BCUT2D eigenvalue weighted by molar-refractivity contribution is 4.91. The molecule has 0 heterocycles. The zero-order chi connectivity index (χ0) is 12.2. The lowest BCUT2D eigenvalue weighted by atomic mass is 9.66. The SMILES string of the molecule is C=CCN(CCC1(CN)CCC1)C(C)(C)C. The van der Waals surface area contributed by atoms with Gasteiger partial charge in [0.25, 0.3) is 0 Å². The highest BCUT2D eigenvalue weighted by Gasteiger charge is 2.36. The van der Waals surface area contributed by atoms with E-state index in [-0.39, 0.29) is 5.54 Å². The average molecular weight is 224 g/mol. The molecule has 0 amide bonds. The molecule has 2 nitrogen and oxygen atoms in total. The van der Waals surface area contributed by atoms with Crippen molar-refractivity contribution in [2.24, 2.45) is 11.1 Å². The Morgan fingerprint density at radius 2 is 2.00 bits per heavy atom. The second-order valence-electron chi connectivity index (χ2n) is 6.21. The third kappa shape index (κ3) is 3.33. The summed E-state index contributed by atoms with van der Waals surface area (Å²) < 4.78 is 0. The fraction of sp³-hybridized carbons (Fsp3) is 0.857. The standard InChI is InChI=1S/C14H28N2/c1-5-10-16(13(2,3)4)11-9-14(12-15)7-6-8-14/h5H,1,6-12,15H2,2-4H3. The van der Waals surface area contributed by atoms with Crippen molar-refractivity contribution in [3.05, 3.63) is 12.7 Å². The van der Waals surface area contributed by atoms with Crippen molar-refractivity contribution < 1.29 is 0 Å². The predicted octanol–water partition coefficient (Wildman–Crippen LogP) is 2.79. The van der Waals surface area contributed by atoms with E-state index in [2.05, 4.69) is 32.3 Å². The van der Waals surface area contributed by atoms with Gasteiger partial charge >= 0.3 is 0 Å². The summed E-state index contributed by atoms with van der Waals surface area (Å²) in [5.74, 6) is 0. The Labute approximate surface area is 101 Å². The molecule has 0 aromatic rings. The molecule has 2 heteroatoms. The minimum atomic E-state index is 0.230. The Morgan fingerprint density at radius 1 is 1.38 bits per heavy atom. The molecule has 0 spiro atoms. The van der Waals surface area contributed by atoms with Crippen LogP contribution in [0.25, 0.3) is 0 Å². The Bertz CT molecular complexity index is 218. The fourth-order valence-electron chi connectivity index (χ4n) is 2.46. The van der Waals surface area contributed by atoms with Crippen molar-refractivity contribution in [2.45, 2.75) is 52.0 Å². The van der Waals surface area contributed by atoms with Crippen LogP contribution >= 0.6 is 0 Å². The van der Waals surface area contributed by atoms with Gasteiger partial charge in [0.2, 0.25) is 0 Å². The molecule has 0 radical (unpaired) electrons. The maximum Gasteiger partial charge on any atom is 0.0165 e. The largest absolute Gasteiger partial charge is 0.330 e. The second-order valence-corrected chi connectivity index (χ2v) is 6.21. The van der Waals surface area contributed by atoms with Crippen molar-refractivity contribution in [1.82, 2.24) is 4.90 Å². The summed E-state index contributed by atoms with van der Waals surface area (Å²) in [5, 5.41) is 0. The molecule has 1 saturated carbocycles. The highest BCUT2D eigenvalue weighted by Crippen LogP contribution is 2.43. The van der Waals surface area contributed by atoms with Crippen LogP contribution in [0.1, 0.15) is 46.5 Å². The summed E-state index contributed by atoms with van der Waals surface area (Å²) in [7, 11) is 0. The van der Waals surface area contributed by atoms with Crippen LogP contribution < -0.4 is 5.73 Å². The van der Waals surface area contributed by atoms with Crippen LogP contribution in [0.2, 0.25) is 0 Å². The number of nitrogens with zero attached hydrogens (tertiary/aromatic N) is 1.